The van der Waals surface area contributed by atoms with Gasteiger partial charge in [-0.1, -0.05) is 6.92 Å². The summed E-state index contributed by atoms with van der Waals surface area (Å²) < 4.78 is 1.85. The van der Waals surface area contributed by atoms with Crippen molar-refractivity contribution in [2.45, 2.75) is 39.0 Å². The van der Waals surface area contributed by atoms with Gasteiger partial charge in [-0.15, -0.1) is 0 Å². The van der Waals surface area contributed by atoms with E-state index in [9.17, 15) is 29.4 Å². The zero-order valence-corrected chi connectivity index (χ0v) is 13.9. The van der Waals surface area contributed by atoms with Gasteiger partial charge in [-0.25, -0.2) is 0 Å². The fourth-order valence-corrected chi connectivity index (χ4v) is 3.03. The molecule has 2 heterocycles. The number of benzene rings is 1. The van der Waals surface area contributed by atoms with Crippen molar-refractivity contribution in [3.8, 4) is 0 Å². The van der Waals surface area contributed by atoms with E-state index in [0.717, 1.165) is 9.13 Å². The predicted molar refractivity (Wildman–Crippen MR) is 93.0 cm³/mol. The normalized spacial score (nSPS) is 14.4. The molecule has 0 saturated carbocycles. The van der Waals surface area contributed by atoms with Crippen molar-refractivity contribution in [3.63, 3.8) is 0 Å². The summed E-state index contributed by atoms with van der Waals surface area (Å²) in [6, 6.07) is 1.81. The van der Waals surface area contributed by atoms with Crippen LogP contribution in [0.3, 0.4) is 0 Å². The molecule has 0 aliphatic heterocycles. The van der Waals surface area contributed by atoms with Gasteiger partial charge in [0.15, 0.2) is 0 Å². The van der Waals surface area contributed by atoms with Crippen LogP contribution in [0.25, 0.3) is 21.5 Å². The van der Waals surface area contributed by atoms with Gasteiger partial charge in [0.1, 0.15) is 0 Å². The third kappa shape index (κ3) is 2.45. The smallest absolute Gasteiger partial charge is 0.261 e. The number of aliphatic hydroxyl groups excluding tert-OH is 2. The minimum Gasteiger partial charge on any atom is -0.394 e. The second kappa shape index (κ2) is 6.05. The first-order valence-electron chi connectivity index (χ1n) is 8.02. The second-order valence-electron chi connectivity index (χ2n) is 6.24. The van der Waals surface area contributed by atoms with Crippen molar-refractivity contribution < 1.29 is 10.2 Å². The maximum absolute atomic E-state index is 12.5. The van der Waals surface area contributed by atoms with Gasteiger partial charge in [0.05, 0.1) is 46.8 Å². The molecule has 0 radical (unpaired) electrons. The summed E-state index contributed by atoms with van der Waals surface area (Å²) in [5, 5.41) is 19.1. The molecule has 0 saturated heterocycles. The number of fused-ring (bicyclic) bond motifs is 2. The van der Waals surface area contributed by atoms with Gasteiger partial charge in [0, 0.05) is 0 Å². The van der Waals surface area contributed by atoms with Gasteiger partial charge in [-0.3, -0.25) is 28.3 Å². The molecule has 1 aromatic carbocycles. The van der Waals surface area contributed by atoms with Gasteiger partial charge in [0.2, 0.25) is 0 Å². The maximum Gasteiger partial charge on any atom is 0.261 e. The summed E-state index contributed by atoms with van der Waals surface area (Å²) in [6.45, 7) is 2.74. The van der Waals surface area contributed by atoms with Gasteiger partial charge in [-0.2, -0.15) is 0 Å². The molecule has 25 heavy (non-hydrogen) atoms. The fourth-order valence-electron chi connectivity index (χ4n) is 3.03. The number of hydrogen-bond donors (Lipinski definition) is 2. The van der Waals surface area contributed by atoms with Crippen LogP contribution in [-0.2, 0) is 6.54 Å². The Morgan fingerprint density at radius 3 is 1.76 bits per heavy atom. The predicted octanol–water partition coefficient (Wildman–Crippen LogP) is -0.763. The Bertz CT molecular complexity index is 1080. The molecular formula is C17H18N2O6. The average Bonchev–Trinajstić information content (AvgIpc) is 2.99. The Labute approximate surface area is 140 Å². The Kier molecular flexibility index (Phi) is 4.18. The summed E-state index contributed by atoms with van der Waals surface area (Å²) in [6.07, 6.45) is -0.451. The van der Waals surface area contributed by atoms with Crippen molar-refractivity contribution in [1.82, 2.24) is 9.13 Å². The zero-order chi connectivity index (χ0) is 18.5. The summed E-state index contributed by atoms with van der Waals surface area (Å²) >= 11 is 0. The lowest BCUT2D eigenvalue weighted by atomic mass is 10.1. The largest absolute Gasteiger partial charge is 0.394 e. The third-order valence-corrected chi connectivity index (χ3v) is 4.58. The Balaban J connectivity index is 2.37. The lowest BCUT2D eigenvalue weighted by Crippen LogP contribution is -2.31. The molecule has 3 rings (SSSR count). The van der Waals surface area contributed by atoms with Crippen molar-refractivity contribution >= 4 is 21.5 Å². The Morgan fingerprint density at radius 2 is 1.36 bits per heavy atom. The molecule has 0 fully saturated rings. The van der Waals surface area contributed by atoms with Crippen molar-refractivity contribution in [2.75, 3.05) is 6.61 Å². The Morgan fingerprint density at radius 1 is 0.920 bits per heavy atom. The maximum atomic E-state index is 12.5. The second-order valence-corrected chi connectivity index (χ2v) is 6.24. The molecule has 0 spiro atoms. The summed E-state index contributed by atoms with van der Waals surface area (Å²) in [5.41, 5.74) is -2.39. The lowest BCUT2D eigenvalue weighted by molar-refractivity contribution is 0.148. The summed E-state index contributed by atoms with van der Waals surface area (Å²) in [7, 11) is 0. The van der Waals surface area contributed by atoms with Crippen LogP contribution in [0.1, 0.15) is 26.3 Å². The topological polar surface area (TPSA) is 119 Å². The van der Waals surface area contributed by atoms with E-state index in [1.807, 2.05) is 0 Å². The standard InChI is InChI=1S/C17H18N2O6/c1-3-9(21)6-18-14(22)10-4-12-13(5-11(10)15(18)23)17(25)19(16(12)24)8(2)7-20/h4-5,8-9,20-21H,3,6-7H2,1-2H3. The molecular weight excluding hydrogens is 328 g/mol. The molecule has 2 aromatic heterocycles. The molecule has 0 amide bonds. The fraction of sp³-hybridized carbons (Fsp3) is 0.412. The molecule has 8 nitrogen and oxygen atoms in total. The van der Waals surface area contributed by atoms with Gasteiger partial charge in [0.25, 0.3) is 22.2 Å². The van der Waals surface area contributed by atoms with Crippen LogP contribution in [-0.4, -0.2) is 32.1 Å². The van der Waals surface area contributed by atoms with Gasteiger partial charge >= 0.3 is 0 Å². The summed E-state index contributed by atoms with van der Waals surface area (Å²) in [5.74, 6) is 0. The number of aromatic nitrogens is 2. The Hall–Kier alpha value is -2.58. The highest BCUT2D eigenvalue weighted by Gasteiger charge is 2.21. The van der Waals surface area contributed by atoms with Crippen LogP contribution in [0.15, 0.2) is 31.3 Å². The SMILES string of the molecule is CCC(O)Cn1c(=O)c2cc3c(=O)n(C(C)CO)c(=O)c3cc2c1=O. The first kappa shape index (κ1) is 17.2. The number of rotatable bonds is 5. The summed E-state index contributed by atoms with van der Waals surface area (Å²) in [4.78, 5) is 49.8. The molecule has 3 aromatic rings. The molecule has 2 unspecified atom stereocenters. The highest BCUT2D eigenvalue weighted by molar-refractivity contribution is 5.97. The van der Waals surface area contributed by atoms with Crippen LogP contribution in [0.5, 0.6) is 0 Å². The molecule has 132 valence electrons. The first-order valence-corrected chi connectivity index (χ1v) is 8.02. The monoisotopic (exact) mass is 346 g/mol. The molecule has 2 N–H and O–H groups in total. The van der Waals surface area contributed by atoms with E-state index in [1.54, 1.807) is 6.92 Å². The van der Waals surface area contributed by atoms with E-state index < -0.39 is 34.4 Å². The molecule has 0 bridgehead atoms. The van der Waals surface area contributed by atoms with E-state index in [1.165, 1.54) is 19.1 Å². The van der Waals surface area contributed by atoms with E-state index in [0.29, 0.717) is 6.42 Å². The number of nitrogens with zero attached hydrogens (tertiary/aromatic N) is 2. The van der Waals surface area contributed by atoms with E-state index in [4.69, 9.17) is 0 Å². The van der Waals surface area contributed by atoms with Crippen LogP contribution < -0.4 is 22.2 Å². The minimum atomic E-state index is -0.835. The van der Waals surface area contributed by atoms with Crippen LogP contribution in [0, 0.1) is 0 Å². The molecule has 8 heteroatoms. The highest BCUT2D eigenvalue weighted by atomic mass is 16.3. The quantitative estimate of drug-likeness (QED) is 0.627. The first-order chi connectivity index (χ1) is 11.8. The van der Waals surface area contributed by atoms with E-state index in [2.05, 4.69) is 0 Å². The molecule has 0 aliphatic rings. The van der Waals surface area contributed by atoms with Crippen molar-refractivity contribution in [1.29, 1.82) is 0 Å². The van der Waals surface area contributed by atoms with Crippen molar-refractivity contribution in [3.05, 3.63) is 53.5 Å². The van der Waals surface area contributed by atoms with Gasteiger partial charge in [-0.05, 0) is 25.5 Å². The highest BCUT2D eigenvalue weighted by Crippen LogP contribution is 2.15. The number of hydrogen-bond acceptors (Lipinski definition) is 6. The van der Waals surface area contributed by atoms with Crippen molar-refractivity contribution in [2.24, 2.45) is 0 Å². The van der Waals surface area contributed by atoms with Crippen LogP contribution in [0.4, 0.5) is 0 Å². The third-order valence-electron chi connectivity index (χ3n) is 4.58. The van der Waals surface area contributed by atoms with Gasteiger partial charge < -0.3 is 10.2 Å². The lowest BCUT2D eigenvalue weighted by Gasteiger charge is -2.06. The van der Waals surface area contributed by atoms with E-state index in [-0.39, 0.29) is 34.7 Å². The average molecular weight is 346 g/mol. The van der Waals surface area contributed by atoms with Crippen LogP contribution >= 0.6 is 0 Å². The molecule has 2 atom stereocenters. The van der Waals surface area contributed by atoms with Crippen LogP contribution in [0.2, 0.25) is 0 Å². The number of aliphatic hydroxyl groups is 2. The van der Waals surface area contributed by atoms with E-state index >= 15 is 0 Å². The minimum absolute atomic E-state index is 0.0445. The zero-order valence-electron chi connectivity index (χ0n) is 13.9. The molecule has 0 aliphatic carbocycles.